The van der Waals surface area contributed by atoms with Crippen molar-refractivity contribution in [1.82, 2.24) is 24.4 Å². The Morgan fingerprint density at radius 2 is 1.74 bits per heavy atom. The number of urea groups is 1. The van der Waals surface area contributed by atoms with E-state index < -0.39 is 70.5 Å². The number of carbonyl (C=O) groups excluding carboxylic acids is 5. The maximum absolute atomic E-state index is 12.3. The van der Waals surface area contributed by atoms with Gasteiger partial charge < -0.3 is 15.9 Å². The molecule has 15 nitrogen and oxygen atoms in total. The summed E-state index contributed by atoms with van der Waals surface area (Å²) in [7, 11) is -4.81. The lowest BCUT2D eigenvalue weighted by Gasteiger charge is -2.35. The van der Waals surface area contributed by atoms with Crippen LogP contribution in [-0.2, 0) is 24.6 Å². The highest BCUT2D eigenvalue weighted by molar-refractivity contribution is 7.88. The average Bonchev–Trinajstić information content (AvgIpc) is 2.70. The molecule has 0 radical (unpaired) electrons. The molecule has 2 heterocycles. The summed E-state index contributed by atoms with van der Waals surface area (Å²) in [5.74, 6) is -5.78. The lowest BCUT2D eigenvalue weighted by atomic mass is 10.1. The molecule has 6 amide bonds. The third-order valence-electron chi connectivity index (χ3n) is 4.37. The fourth-order valence-electron chi connectivity index (χ4n) is 2.66. The minimum absolute atomic E-state index is 0.0897. The number of hydrogen-bond acceptors (Lipinski definition) is 10. The predicted molar refractivity (Wildman–Crippen MR) is 97.8 cm³/mol. The SMILES string of the molecule is NC1CN(C(=O)NS(=O)(=O)N2CCN(NC(=O)c3ccc(O)c(O)c3)C(=O)C2=O)C1=O. The summed E-state index contributed by atoms with van der Waals surface area (Å²) >= 11 is 0. The quantitative estimate of drug-likeness (QED) is 0.171. The summed E-state index contributed by atoms with van der Waals surface area (Å²) < 4.78 is 26.2. The minimum Gasteiger partial charge on any atom is -0.504 e. The van der Waals surface area contributed by atoms with Crippen molar-refractivity contribution in [3.63, 3.8) is 0 Å². The van der Waals surface area contributed by atoms with Crippen LogP contribution in [-0.4, -0.2) is 88.2 Å². The summed E-state index contributed by atoms with van der Waals surface area (Å²) in [6, 6.07) is 0.820. The van der Waals surface area contributed by atoms with Crippen molar-refractivity contribution in [2.75, 3.05) is 19.6 Å². The first-order valence-corrected chi connectivity index (χ1v) is 9.96. The maximum Gasteiger partial charge on any atom is 0.339 e. The molecular formula is C15H16N6O9S. The Morgan fingerprint density at radius 3 is 2.32 bits per heavy atom. The van der Waals surface area contributed by atoms with E-state index in [9.17, 15) is 42.6 Å². The first-order chi connectivity index (χ1) is 14.4. The van der Waals surface area contributed by atoms with Gasteiger partial charge in [-0.15, -0.1) is 0 Å². The molecule has 0 spiro atoms. The van der Waals surface area contributed by atoms with Crippen LogP contribution in [0.15, 0.2) is 18.2 Å². The van der Waals surface area contributed by atoms with Crippen LogP contribution in [0.5, 0.6) is 11.5 Å². The van der Waals surface area contributed by atoms with Gasteiger partial charge >= 0.3 is 28.1 Å². The zero-order valence-corrected chi connectivity index (χ0v) is 16.3. The number of imide groups is 1. The van der Waals surface area contributed by atoms with Crippen molar-refractivity contribution < 1.29 is 42.6 Å². The van der Waals surface area contributed by atoms with E-state index in [2.05, 4.69) is 5.43 Å². The topological polar surface area (TPSA) is 220 Å². The number of benzene rings is 1. The number of phenols is 2. The fraction of sp³-hybridized carbons (Fsp3) is 0.267. The van der Waals surface area contributed by atoms with Crippen LogP contribution in [0.2, 0.25) is 0 Å². The third kappa shape index (κ3) is 4.05. The van der Waals surface area contributed by atoms with E-state index in [4.69, 9.17) is 5.73 Å². The molecule has 1 aromatic rings. The van der Waals surface area contributed by atoms with Crippen molar-refractivity contribution in [3.8, 4) is 11.5 Å². The lowest BCUT2D eigenvalue weighted by Crippen LogP contribution is -2.67. The van der Waals surface area contributed by atoms with Crippen molar-refractivity contribution in [1.29, 1.82) is 0 Å². The van der Waals surface area contributed by atoms with Crippen LogP contribution >= 0.6 is 0 Å². The summed E-state index contributed by atoms with van der Waals surface area (Å²) in [6.45, 7) is -1.27. The Bertz CT molecular complexity index is 1100. The van der Waals surface area contributed by atoms with Gasteiger partial charge in [0.15, 0.2) is 11.5 Å². The van der Waals surface area contributed by atoms with Gasteiger partial charge in [-0.1, -0.05) is 0 Å². The zero-order chi connectivity index (χ0) is 23.1. The molecule has 2 fully saturated rings. The van der Waals surface area contributed by atoms with E-state index in [0.717, 1.165) is 18.2 Å². The van der Waals surface area contributed by atoms with Crippen molar-refractivity contribution >= 4 is 39.9 Å². The molecule has 2 aliphatic rings. The number of hydrazine groups is 1. The van der Waals surface area contributed by atoms with Gasteiger partial charge in [0.05, 0.1) is 19.6 Å². The standard InChI is InChI=1S/C15H16N6O9S/c16-8-6-19(12(8)25)15(28)18-31(29,30)21-4-3-20(13(26)14(21)27)17-11(24)7-1-2-9(22)10(23)5-7/h1-2,5,8,22-23H,3-4,6,16H2,(H,17,24)(H,18,28). The van der Waals surface area contributed by atoms with Gasteiger partial charge in [0.2, 0.25) is 5.91 Å². The highest BCUT2D eigenvalue weighted by Gasteiger charge is 2.44. The second-order valence-electron chi connectivity index (χ2n) is 6.45. The van der Waals surface area contributed by atoms with E-state index >= 15 is 0 Å². The molecule has 0 bridgehead atoms. The number of piperazine rings is 1. The molecule has 0 saturated carbocycles. The van der Waals surface area contributed by atoms with Crippen LogP contribution in [0, 0.1) is 0 Å². The van der Waals surface area contributed by atoms with Crippen LogP contribution in [0.4, 0.5) is 4.79 Å². The van der Waals surface area contributed by atoms with Gasteiger partial charge in [-0.25, -0.2) is 18.8 Å². The number of β-lactam (4-membered cyclic amide) rings is 1. The molecule has 166 valence electrons. The molecule has 1 atom stereocenters. The second kappa shape index (κ2) is 7.73. The Hall–Kier alpha value is -3.92. The first-order valence-electron chi connectivity index (χ1n) is 8.52. The average molecular weight is 456 g/mol. The van der Waals surface area contributed by atoms with E-state index in [1.807, 2.05) is 0 Å². The molecule has 2 aliphatic heterocycles. The number of likely N-dealkylation sites (tertiary alicyclic amines) is 1. The Morgan fingerprint density at radius 1 is 1.06 bits per heavy atom. The summed E-state index contributed by atoms with van der Waals surface area (Å²) in [4.78, 5) is 60.5. The van der Waals surface area contributed by atoms with Crippen molar-refractivity contribution in [3.05, 3.63) is 23.8 Å². The lowest BCUT2D eigenvalue weighted by molar-refractivity contribution is -0.154. The fourth-order valence-corrected chi connectivity index (χ4v) is 3.72. The van der Waals surface area contributed by atoms with Gasteiger partial charge in [0.25, 0.3) is 5.91 Å². The Labute approximate surface area is 174 Å². The molecular weight excluding hydrogens is 440 g/mol. The van der Waals surface area contributed by atoms with E-state index in [1.54, 1.807) is 0 Å². The van der Waals surface area contributed by atoms with Crippen LogP contribution in [0.1, 0.15) is 10.4 Å². The molecule has 2 saturated heterocycles. The monoisotopic (exact) mass is 456 g/mol. The zero-order valence-electron chi connectivity index (χ0n) is 15.5. The van der Waals surface area contributed by atoms with Gasteiger partial charge in [-0.3, -0.25) is 29.5 Å². The molecule has 6 N–H and O–H groups in total. The molecule has 0 aliphatic carbocycles. The van der Waals surface area contributed by atoms with Crippen molar-refractivity contribution in [2.24, 2.45) is 5.73 Å². The number of nitrogens with one attached hydrogen (secondary N) is 2. The highest BCUT2D eigenvalue weighted by atomic mass is 32.2. The maximum atomic E-state index is 12.3. The summed E-state index contributed by atoms with van der Waals surface area (Å²) in [5.41, 5.74) is 7.23. The summed E-state index contributed by atoms with van der Waals surface area (Å²) in [6.07, 6.45) is 0. The number of aromatic hydroxyl groups is 2. The normalized spacial score (nSPS) is 19.2. The number of hydrogen-bond donors (Lipinski definition) is 5. The second-order valence-corrected chi connectivity index (χ2v) is 8.04. The largest absolute Gasteiger partial charge is 0.504 e. The van der Waals surface area contributed by atoms with E-state index in [-0.39, 0.29) is 16.4 Å². The third-order valence-corrected chi connectivity index (χ3v) is 5.73. The molecule has 0 aromatic heterocycles. The van der Waals surface area contributed by atoms with Crippen molar-refractivity contribution in [2.45, 2.75) is 6.04 Å². The minimum atomic E-state index is -4.81. The van der Waals surface area contributed by atoms with E-state index in [0.29, 0.717) is 9.91 Å². The van der Waals surface area contributed by atoms with Gasteiger partial charge in [0, 0.05) is 5.56 Å². The number of rotatable bonds is 4. The molecule has 1 aromatic carbocycles. The molecule has 31 heavy (non-hydrogen) atoms. The summed E-state index contributed by atoms with van der Waals surface area (Å²) in [5, 5.41) is 19.3. The van der Waals surface area contributed by atoms with E-state index in [1.165, 1.54) is 4.72 Å². The smallest absolute Gasteiger partial charge is 0.339 e. The highest BCUT2D eigenvalue weighted by Crippen LogP contribution is 2.24. The molecule has 3 rings (SSSR count). The van der Waals surface area contributed by atoms with Gasteiger partial charge in [0.1, 0.15) is 6.04 Å². The molecule has 16 heteroatoms. The van der Waals surface area contributed by atoms with Gasteiger partial charge in [-0.05, 0) is 18.2 Å². The first kappa shape index (κ1) is 21.8. The van der Waals surface area contributed by atoms with Gasteiger partial charge in [-0.2, -0.15) is 8.42 Å². The van der Waals surface area contributed by atoms with Crippen LogP contribution in [0.25, 0.3) is 0 Å². The Balaban J connectivity index is 1.65. The number of nitrogens with zero attached hydrogens (tertiary/aromatic N) is 3. The van der Waals surface area contributed by atoms with Crippen LogP contribution in [0.3, 0.4) is 0 Å². The predicted octanol–water partition coefficient (Wildman–Crippen LogP) is -3.46. The number of nitrogens with two attached hydrogens (primary N) is 1. The Kier molecular flexibility index (Phi) is 5.43. The number of amides is 6. The van der Waals surface area contributed by atoms with Crippen LogP contribution < -0.4 is 15.9 Å². The number of carbonyl (C=O) groups is 5. The molecule has 1 unspecified atom stereocenters. The number of phenolic OH excluding ortho intramolecular Hbond substituents is 2.